The van der Waals surface area contributed by atoms with Gasteiger partial charge in [-0.2, -0.15) is 14.6 Å². The Kier molecular flexibility index (Phi) is 5.38. The molecule has 0 saturated carbocycles. The summed E-state index contributed by atoms with van der Waals surface area (Å²) < 4.78 is 25.8. The van der Waals surface area contributed by atoms with E-state index in [1.54, 1.807) is 11.6 Å². The van der Waals surface area contributed by atoms with Crippen LogP contribution in [0.1, 0.15) is 27.0 Å². The van der Waals surface area contributed by atoms with Crippen molar-refractivity contribution in [3.63, 3.8) is 0 Å². The SMILES string of the molecule is CC(=O)OC[C@H]1O[C@@H](n2cnc3c(=O)n4ncn(C)c4nc32)[C@H](OC(C)=O)[C@@H]1OC(C)=O. The third-order valence-corrected chi connectivity index (χ3v) is 4.83. The third kappa shape index (κ3) is 3.68. The molecule has 4 rings (SSSR count). The summed E-state index contributed by atoms with van der Waals surface area (Å²) in [6, 6.07) is 0. The molecule has 1 aliphatic rings. The summed E-state index contributed by atoms with van der Waals surface area (Å²) in [6.45, 7) is 3.35. The van der Waals surface area contributed by atoms with E-state index in [9.17, 15) is 19.2 Å². The van der Waals surface area contributed by atoms with Crippen molar-refractivity contribution in [2.45, 2.75) is 45.3 Å². The third-order valence-electron chi connectivity index (χ3n) is 4.83. The van der Waals surface area contributed by atoms with E-state index in [0.29, 0.717) is 0 Å². The van der Waals surface area contributed by atoms with Crippen LogP contribution in [0, 0.1) is 0 Å². The normalized spacial score (nSPS) is 22.9. The van der Waals surface area contributed by atoms with Crippen LogP contribution in [0.3, 0.4) is 0 Å². The highest BCUT2D eigenvalue weighted by atomic mass is 16.7. The van der Waals surface area contributed by atoms with E-state index in [-0.39, 0.29) is 23.5 Å². The summed E-state index contributed by atoms with van der Waals surface area (Å²) in [5.74, 6) is -1.61. The summed E-state index contributed by atoms with van der Waals surface area (Å²) in [4.78, 5) is 56.2. The Morgan fingerprint density at radius 3 is 2.41 bits per heavy atom. The van der Waals surface area contributed by atoms with Crippen molar-refractivity contribution in [3.05, 3.63) is 23.0 Å². The Balaban J connectivity index is 1.82. The molecule has 4 atom stereocenters. The van der Waals surface area contributed by atoms with Crippen LogP contribution in [0.15, 0.2) is 17.4 Å². The second-order valence-electron chi connectivity index (χ2n) is 7.21. The lowest BCUT2D eigenvalue weighted by Crippen LogP contribution is -2.40. The largest absolute Gasteiger partial charge is 0.463 e. The maximum atomic E-state index is 12.8. The molecule has 1 fully saturated rings. The Hall–Kier alpha value is -3.81. The average molecular weight is 448 g/mol. The molecule has 0 amide bonds. The van der Waals surface area contributed by atoms with Crippen molar-refractivity contribution < 1.29 is 33.3 Å². The van der Waals surface area contributed by atoms with E-state index < -0.39 is 48.0 Å². The standard InChI is InChI=1S/C18H20N6O8/c1-8(25)29-5-11-13(30-9(2)26)14(31-10(3)27)17(32-11)23-6-19-12-15(23)21-18-22(4)7-20-24(18)16(12)28/h6-7,11,13-14,17H,5H2,1-4H3/t11-,13-,14-,17-/m1/s1. The molecule has 0 radical (unpaired) electrons. The monoisotopic (exact) mass is 448 g/mol. The molecule has 3 aromatic heterocycles. The molecule has 4 heterocycles. The van der Waals surface area contributed by atoms with E-state index in [1.165, 1.54) is 38.0 Å². The fourth-order valence-corrected chi connectivity index (χ4v) is 3.57. The highest BCUT2D eigenvalue weighted by molar-refractivity contribution is 5.72. The number of ether oxygens (including phenoxy) is 4. The predicted octanol–water partition coefficient (Wildman–Crippen LogP) is -0.898. The fraction of sp³-hybridized carbons (Fsp3) is 0.500. The van der Waals surface area contributed by atoms with Crippen LogP contribution >= 0.6 is 0 Å². The van der Waals surface area contributed by atoms with Crippen molar-refractivity contribution in [1.29, 1.82) is 0 Å². The zero-order valence-electron chi connectivity index (χ0n) is 17.6. The van der Waals surface area contributed by atoms with Crippen molar-refractivity contribution in [1.82, 2.24) is 28.7 Å². The van der Waals surface area contributed by atoms with Gasteiger partial charge in [0.1, 0.15) is 19.0 Å². The van der Waals surface area contributed by atoms with Gasteiger partial charge in [0.15, 0.2) is 29.6 Å². The Bertz CT molecular complexity index is 1280. The minimum Gasteiger partial charge on any atom is -0.463 e. The first-order valence-electron chi connectivity index (χ1n) is 9.57. The zero-order chi connectivity index (χ0) is 23.2. The van der Waals surface area contributed by atoms with Crippen molar-refractivity contribution in [2.24, 2.45) is 7.05 Å². The fourth-order valence-electron chi connectivity index (χ4n) is 3.57. The number of hydrogen-bond donors (Lipinski definition) is 0. The number of carbonyl (C=O) groups is 3. The Labute approximate surface area is 179 Å². The van der Waals surface area contributed by atoms with Crippen molar-refractivity contribution in [3.8, 4) is 0 Å². The molecule has 0 aromatic carbocycles. The van der Waals surface area contributed by atoms with Gasteiger partial charge in [0.25, 0.3) is 0 Å². The topological polar surface area (TPSA) is 158 Å². The van der Waals surface area contributed by atoms with Gasteiger partial charge in [-0.3, -0.25) is 23.7 Å². The number of aromatic nitrogens is 6. The maximum Gasteiger partial charge on any atom is 0.303 e. The molecule has 14 nitrogen and oxygen atoms in total. The summed E-state index contributed by atoms with van der Waals surface area (Å²) in [7, 11) is 1.67. The van der Waals surface area contributed by atoms with Gasteiger partial charge in [0.2, 0.25) is 5.78 Å². The molecule has 0 bridgehead atoms. The lowest BCUT2D eigenvalue weighted by molar-refractivity contribution is -0.166. The summed E-state index contributed by atoms with van der Waals surface area (Å²) in [5.41, 5.74) is -0.339. The first-order chi connectivity index (χ1) is 15.2. The molecule has 32 heavy (non-hydrogen) atoms. The molecular formula is C18H20N6O8. The number of rotatable bonds is 5. The minimum absolute atomic E-state index is 0.0128. The lowest BCUT2D eigenvalue weighted by Gasteiger charge is -2.23. The second-order valence-corrected chi connectivity index (χ2v) is 7.21. The van der Waals surface area contributed by atoms with E-state index >= 15 is 0 Å². The van der Waals surface area contributed by atoms with Crippen LogP contribution in [-0.2, 0) is 40.4 Å². The maximum absolute atomic E-state index is 12.8. The Morgan fingerprint density at radius 1 is 1.06 bits per heavy atom. The van der Waals surface area contributed by atoms with Gasteiger partial charge in [-0.25, -0.2) is 4.98 Å². The highest BCUT2D eigenvalue weighted by Crippen LogP contribution is 2.35. The first-order valence-corrected chi connectivity index (χ1v) is 9.57. The molecule has 170 valence electrons. The van der Waals surface area contributed by atoms with Crippen LogP contribution in [0.5, 0.6) is 0 Å². The number of carbonyl (C=O) groups excluding carboxylic acids is 3. The molecular weight excluding hydrogens is 428 g/mol. The van der Waals surface area contributed by atoms with Gasteiger partial charge >= 0.3 is 23.5 Å². The highest BCUT2D eigenvalue weighted by Gasteiger charge is 2.51. The van der Waals surface area contributed by atoms with Gasteiger partial charge in [0.05, 0.1) is 6.33 Å². The lowest BCUT2D eigenvalue weighted by atomic mass is 10.1. The van der Waals surface area contributed by atoms with Gasteiger partial charge in [-0.1, -0.05) is 0 Å². The molecule has 14 heteroatoms. The molecule has 0 N–H and O–H groups in total. The number of aryl methyl sites for hydroxylation is 1. The quantitative estimate of drug-likeness (QED) is 0.352. The van der Waals surface area contributed by atoms with Crippen molar-refractivity contribution in [2.75, 3.05) is 6.61 Å². The zero-order valence-corrected chi connectivity index (χ0v) is 17.6. The molecule has 3 aromatic rings. The predicted molar refractivity (Wildman–Crippen MR) is 103 cm³/mol. The molecule has 0 unspecified atom stereocenters. The number of nitrogens with zero attached hydrogens (tertiary/aromatic N) is 6. The van der Waals surface area contributed by atoms with E-state index in [0.717, 1.165) is 4.52 Å². The van der Waals surface area contributed by atoms with Gasteiger partial charge in [-0.15, -0.1) is 0 Å². The van der Waals surface area contributed by atoms with Crippen LogP contribution in [0.2, 0.25) is 0 Å². The van der Waals surface area contributed by atoms with Crippen LogP contribution in [0.4, 0.5) is 0 Å². The average Bonchev–Trinajstić information content (AvgIpc) is 3.38. The summed E-state index contributed by atoms with van der Waals surface area (Å²) in [6.07, 6.45) is -1.50. The van der Waals surface area contributed by atoms with Crippen LogP contribution in [-0.4, -0.2) is 71.5 Å². The molecule has 0 spiro atoms. The van der Waals surface area contributed by atoms with Gasteiger partial charge in [0, 0.05) is 27.8 Å². The number of hydrogen-bond acceptors (Lipinski definition) is 11. The van der Waals surface area contributed by atoms with Gasteiger partial charge < -0.3 is 23.5 Å². The second kappa shape index (κ2) is 8.03. The van der Waals surface area contributed by atoms with Crippen molar-refractivity contribution >= 4 is 34.8 Å². The van der Waals surface area contributed by atoms with E-state index in [4.69, 9.17) is 18.9 Å². The van der Waals surface area contributed by atoms with Crippen LogP contribution in [0.25, 0.3) is 16.9 Å². The minimum atomic E-state index is -1.12. The summed E-state index contributed by atoms with van der Waals surface area (Å²) in [5, 5.41) is 3.98. The number of esters is 3. The number of imidazole rings is 1. The summed E-state index contributed by atoms with van der Waals surface area (Å²) >= 11 is 0. The van der Waals surface area contributed by atoms with E-state index in [2.05, 4.69) is 15.1 Å². The number of fused-ring (bicyclic) bond motifs is 2. The Morgan fingerprint density at radius 2 is 1.75 bits per heavy atom. The van der Waals surface area contributed by atoms with Crippen LogP contribution < -0.4 is 5.56 Å². The molecule has 1 aliphatic heterocycles. The molecule has 1 saturated heterocycles. The van der Waals surface area contributed by atoms with Gasteiger partial charge in [-0.05, 0) is 0 Å². The van der Waals surface area contributed by atoms with E-state index in [1.807, 2.05) is 0 Å². The first kappa shape index (κ1) is 21.4. The smallest absolute Gasteiger partial charge is 0.303 e. The molecule has 0 aliphatic carbocycles.